The molecule has 2 fully saturated rings. The molecule has 2 aliphatic heterocycles. The monoisotopic (exact) mass is 396 g/mol. The molecule has 0 N–H and O–H groups in total. The Morgan fingerprint density at radius 2 is 1.83 bits per heavy atom. The van der Waals surface area contributed by atoms with E-state index in [0.717, 1.165) is 35.4 Å². The van der Waals surface area contributed by atoms with Crippen LogP contribution in [0.3, 0.4) is 0 Å². The van der Waals surface area contributed by atoms with Crippen molar-refractivity contribution < 1.29 is 14.3 Å². The average Bonchev–Trinajstić information content (AvgIpc) is 2.96. The molecule has 2 saturated heterocycles. The summed E-state index contributed by atoms with van der Waals surface area (Å²) in [6.07, 6.45) is 2.02. The van der Waals surface area contributed by atoms with Crippen LogP contribution in [0.15, 0.2) is 18.2 Å². The summed E-state index contributed by atoms with van der Waals surface area (Å²) < 4.78 is 5.62. The van der Waals surface area contributed by atoms with Crippen LogP contribution in [-0.2, 0) is 9.53 Å². The molecule has 1 unspecified atom stereocenters. The number of likely N-dealkylation sites (tertiary alicyclic amines) is 1. The summed E-state index contributed by atoms with van der Waals surface area (Å²) in [7, 11) is 3.97. The Bertz CT molecular complexity index is 964. The van der Waals surface area contributed by atoms with Gasteiger partial charge >= 0.3 is 5.97 Å². The number of piperidine rings is 1. The Labute approximate surface area is 171 Å². The fourth-order valence-corrected chi connectivity index (χ4v) is 4.44. The Kier molecular flexibility index (Phi) is 5.02. The Morgan fingerprint density at radius 1 is 1.17 bits per heavy atom. The van der Waals surface area contributed by atoms with Crippen molar-refractivity contribution in [1.29, 1.82) is 0 Å². The largest absolute Gasteiger partial charge is 0.461 e. The molecule has 29 heavy (non-hydrogen) atoms. The van der Waals surface area contributed by atoms with Gasteiger partial charge in [0.2, 0.25) is 0 Å². The number of benzene rings is 1. The number of nitrogens with zero attached hydrogens (tertiary/aromatic N) is 4. The maximum absolute atomic E-state index is 13.0. The highest BCUT2D eigenvalue weighted by molar-refractivity contribution is 5.97. The molecule has 154 valence electrons. The van der Waals surface area contributed by atoms with Gasteiger partial charge in [-0.1, -0.05) is 0 Å². The van der Waals surface area contributed by atoms with E-state index in [2.05, 4.69) is 9.97 Å². The fourth-order valence-electron chi connectivity index (χ4n) is 4.44. The van der Waals surface area contributed by atoms with E-state index in [9.17, 15) is 9.59 Å². The highest BCUT2D eigenvalue weighted by Crippen LogP contribution is 2.43. The molecule has 1 amide bonds. The van der Waals surface area contributed by atoms with Crippen molar-refractivity contribution in [2.75, 3.05) is 33.7 Å². The first kappa shape index (κ1) is 19.8. The number of esters is 1. The molecule has 3 heterocycles. The van der Waals surface area contributed by atoms with Gasteiger partial charge in [-0.3, -0.25) is 9.59 Å². The molecule has 0 bridgehead atoms. The van der Waals surface area contributed by atoms with Crippen LogP contribution >= 0.6 is 0 Å². The maximum atomic E-state index is 13.0. The lowest BCUT2D eigenvalue weighted by molar-refractivity contribution is -0.150. The van der Waals surface area contributed by atoms with Crippen molar-refractivity contribution in [3.63, 3.8) is 0 Å². The van der Waals surface area contributed by atoms with E-state index >= 15 is 0 Å². The minimum atomic E-state index is -0.430. The number of carbonyl (C=O) groups is 2. The number of aryl methyl sites for hydroxylation is 2. The highest BCUT2D eigenvalue weighted by Gasteiger charge is 2.50. The molecule has 1 aromatic heterocycles. The van der Waals surface area contributed by atoms with Gasteiger partial charge < -0.3 is 14.5 Å². The fraction of sp³-hybridized carbons (Fsp3) is 0.545. The standard InChI is InChI=1S/C22H28N4O3/c1-14-15(2)24-19-11-16(5-6-18(19)23-14)20(27)26-9-7-22(8-10-26)12-17(13-25(3)4)29-21(22)28/h5-6,11,17H,7-10,12-13H2,1-4H3. The van der Waals surface area contributed by atoms with Crippen molar-refractivity contribution in [3.05, 3.63) is 35.2 Å². The molecule has 7 heteroatoms. The van der Waals surface area contributed by atoms with Crippen LogP contribution in [0.2, 0.25) is 0 Å². The summed E-state index contributed by atoms with van der Waals surface area (Å²) in [4.78, 5) is 38.6. The third-order valence-corrected chi connectivity index (χ3v) is 6.22. The van der Waals surface area contributed by atoms with Gasteiger partial charge in [-0.05, 0) is 59.0 Å². The van der Waals surface area contributed by atoms with Crippen LogP contribution < -0.4 is 0 Å². The second-order valence-electron chi connectivity index (χ2n) is 8.66. The lowest BCUT2D eigenvalue weighted by Gasteiger charge is -2.36. The molecule has 1 aromatic carbocycles. The van der Waals surface area contributed by atoms with Crippen LogP contribution in [0.25, 0.3) is 11.0 Å². The highest BCUT2D eigenvalue weighted by atomic mass is 16.6. The molecule has 0 radical (unpaired) electrons. The first-order valence-corrected chi connectivity index (χ1v) is 10.2. The summed E-state index contributed by atoms with van der Waals surface area (Å²) in [6.45, 7) is 5.73. The quantitative estimate of drug-likeness (QED) is 0.742. The predicted molar refractivity (Wildman–Crippen MR) is 110 cm³/mol. The minimum Gasteiger partial charge on any atom is -0.461 e. The molecule has 4 rings (SSSR count). The van der Waals surface area contributed by atoms with E-state index in [1.54, 1.807) is 0 Å². The van der Waals surface area contributed by atoms with Crippen LogP contribution in [0, 0.1) is 19.3 Å². The smallest absolute Gasteiger partial charge is 0.312 e. The number of carbonyl (C=O) groups excluding carboxylic acids is 2. The van der Waals surface area contributed by atoms with Crippen molar-refractivity contribution in [2.24, 2.45) is 5.41 Å². The molecule has 2 aromatic rings. The number of hydrogen-bond donors (Lipinski definition) is 0. The lowest BCUT2D eigenvalue weighted by atomic mass is 9.76. The van der Waals surface area contributed by atoms with E-state index in [0.29, 0.717) is 31.5 Å². The first-order valence-electron chi connectivity index (χ1n) is 10.2. The van der Waals surface area contributed by atoms with Gasteiger partial charge in [0, 0.05) is 31.6 Å². The van der Waals surface area contributed by atoms with Crippen LogP contribution in [0.1, 0.15) is 41.0 Å². The van der Waals surface area contributed by atoms with E-state index in [4.69, 9.17) is 4.74 Å². The summed E-state index contributed by atoms with van der Waals surface area (Å²) in [5, 5.41) is 0. The summed E-state index contributed by atoms with van der Waals surface area (Å²) >= 11 is 0. The molecule has 1 spiro atoms. The van der Waals surface area contributed by atoms with Gasteiger partial charge in [0.15, 0.2) is 0 Å². The Morgan fingerprint density at radius 3 is 2.48 bits per heavy atom. The topological polar surface area (TPSA) is 75.6 Å². The van der Waals surface area contributed by atoms with E-state index in [-0.39, 0.29) is 18.0 Å². The number of fused-ring (bicyclic) bond motifs is 1. The number of amides is 1. The maximum Gasteiger partial charge on any atom is 0.312 e. The minimum absolute atomic E-state index is 0.0158. The van der Waals surface area contributed by atoms with Gasteiger partial charge in [-0.25, -0.2) is 9.97 Å². The normalized spacial score (nSPS) is 21.2. The second-order valence-corrected chi connectivity index (χ2v) is 8.66. The van der Waals surface area contributed by atoms with Gasteiger partial charge in [0.05, 0.1) is 27.8 Å². The molecular formula is C22H28N4O3. The van der Waals surface area contributed by atoms with E-state index in [1.807, 2.05) is 55.9 Å². The van der Waals surface area contributed by atoms with Crippen molar-refractivity contribution in [3.8, 4) is 0 Å². The lowest BCUT2D eigenvalue weighted by Crippen LogP contribution is -2.45. The van der Waals surface area contributed by atoms with Crippen molar-refractivity contribution in [2.45, 2.75) is 39.2 Å². The zero-order chi connectivity index (χ0) is 20.8. The van der Waals surface area contributed by atoms with Gasteiger partial charge in [0.1, 0.15) is 6.10 Å². The van der Waals surface area contributed by atoms with Crippen LogP contribution in [0.5, 0.6) is 0 Å². The van der Waals surface area contributed by atoms with Crippen LogP contribution in [-0.4, -0.2) is 71.5 Å². The summed E-state index contributed by atoms with van der Waals surface area (Å²) in [5.41, 5.74) is 3.48. The van der Waals surface area contributed by atoms with Crippen LogP contribution in [0.4, 0.5) is 0 Å². The number of cyclic esters (lactones) is 1. The molecule has 7 nitrogen and oxygen atoms in total. The van der Waals surface area contributed by atoms with Gasteiger partial charge in [0.25, 0.3) is 5.91 Å². The third kappa shape index (κ3) is 3.71. The zero-order valence-electron chi connectivity index (χ0n) is 17.6. The SMILES string of the molecule is Cc1nc2ccc(C(=O)N3CCC4(CC3)CC(CN(C)C)OC4=O)cc2nc1C. The Balaban J connectivity index is 1.46. The molecule has 2 aliphatic rings. The molecule has 0 aliphatic carbocycles. The average molecular weight is 396 g/mol. The third-order valence-electron chi connectivity index (χ3n) is 6.22. The summed E-state index contributed by atoms with van der Waals surface area (Å²) in [6, 6.07) is 5.49. The first-order chi connectivity index (χ1) is 13.8. The number of aromatic nitrogens is 2. The molecule has 0 saturated carbocycles. The number of rotatable bonds is 3. The van der Waals surface area contributed by atoms with Gasteiger partial charge in [-0.15, -0.1) is 0 Å². The van der Waals surface area contributed by atoms with Gasteiger partial charge in [-0.2, -0.15) is 0 Å². The van der Waals surface area contributed by atoms with Crippen molar-refractivity contribution >= 4 is 22.9 Å². The molecule has 1 atom stereocenters. The zero-order valence-corrected chi connectivity index (χ0v) is 17.6. The van der Waals surface area contributed by atoms with E-state index in [1.165, 1.54) is 0 Å². The molecular weight excluding hydrogens is 368 g/mol. The number of likely N-dealkylation sites (N-methyl/N-ethyl adjacent to an activating group) is 1. The predicted octanol–water partition coefficient (Wildman–Crippen LogP) is 2.35. The van der Waals surface area contributed by atoms with E-state index < -0.39 is 5.41 Å². The summed E-state index contributed by atoms with van der Waals surface area (Å²) in [5.74, 6) is -0.110. The van der Waals surface area contributed by atoms with Crippen molar-refractivity contribution in [1.82, 2.24) is 19.8 Å². The number of hydrogen-bond acceptors (Lipinski definition) is 6. The number of ether oxygens (including phenoxy) is 1. The second kappa shape index (κ2) is 7.37. The Hall–Kier alpha value is -2.54.